The molecule has 4 heteroatoms. The van der Waals surface area contributed by atoms with Crippen LogP contribution >= 0.6 is 0 Å². The van der Waals surface area contributed by atoms with Gasteiger partial charge in [0.05, 0.1) is 0 Å². The van der Waals surface area contributed by atoms with Crippen molar-refractivity contribution in [2.24, 2.45) is 11.8 Å². The predicted molar refractivity (Wildman–Crippen MR) is 66.8 cm³/mol. The van der Waals surface area contributed by atoms with Gasteiger partial charge in [-0.05, 0) is 44.2 Å². The molecule has 0 aromatic carbocycles. The number of piperidine rings is 1. The molecule has 17 heavy (non-hydrogen) atoms. The van der Waals surface area contributed by atoms with Gasteiger partial charge < -0.3 is 15.0 Å². The predicted octanol–water partition coefficient (Wildman–Crippen LogP) is 0.869. The second kappa shape index (κ2) is 5.83. The van der Waals surface area contributed by atoms with Crippen molar-refractivity contribution in [3.63, 3.8) is 0 Å². The summed E-state index contributed by atoms with van der Waals surface area (Å²) in [5.41, 5.74) is 0. The van der Waals surface area contributed by atoms with E-state index in [1.807, 2.05) is 11.9 Å². The fourth-order valence-corrected chi connectivity index (χ4v) is 2.79. The fraction of sp³-hybridized carbons (Fsp3) is 0.923. The second-order valence-electron chi connectivity index (χ2n) is 5.49. The lowest BCUT2D eigenvalue weighted by molar-refractivity contribution is -0.141. The van der Waals surface area contributed by atoms with Crippen LogP contribution in [0.4, 0.5) is 0 Å². The maximum Gasteiger partial charge on any atom is 0.251 e. The van der Waals surface area contributed by atoms with E-state index in [1.165, 1.54) is 12.8 Å². The van der Waals surface area contributed by atoms with Gasteiger partial charge >= 0.3 is 0 Å². The van der Waals surface area contributed by atoms with Gasteiger partial charge in [-0.15, -0.1) is 0 Å². The zero-order valence-electron chi connectivity index (χ0n) is 10.9. The molecule has 98 valence electrons. The van der Waals surface area contributed by atoms with Gasteiger partial charge in [-0.1, -0.05) is 6.92 Å². The molecule has 0 aromatic rings. The summed E-state index contributed by atoms with van der Waals surface area (Å²) >= 11 is 0. The highest BCUT2D eigenvalue weighted by molar-refractivity contribution is 5.81. The Bertz CT molecular complexity index is 264. The van der Waals surface area contributed by atoms with Gasteiger partial charge in [-0.25, -0.2) is 0 Å². The van der Waals surface area contributed by atoms with Crippen LogP contribution in [0.3, 0.4) is 0 Å². The van der Waals surface area contributed by atoms with Crippen molar-refractivity contribution in [1.82, 2.24) is 10.2 Å². The molecular weight excluding hydrogens is 216 g/mol. The van der Waals surface area contributed by atoms with Crippen molar-refractivity contribution in [2.75, 3.05) is 33.3 Å². The Balaban J connectivity index is 1.81. The van der Waals surface area contributed by atoms with Gasteiger partial charge in [-0.3, -0.25) is 4.79 Å². The molecule has 2 saturated heterocycles. The van der Waals surface area contributed by atoms with Crippen molar-refractivity contribution < 1.29 is 9.53 Å². The minimum atomic E-state index is -0.198. The molecule has 2 aliphatic heterocycles. The van der Waals surface area contributed by atoms with Crippen LogP contribution in [0.1, 0.15) is 26.2 Å². The van der Waals surface area contributed by atoms with E-state index >= 15 is 0 Å². The zero-order valence-corrected chi connectivity index (χ0v) is 10.9. The Hall–Kier alpha value is -0.610. The zero-order chi connectivity index (χ0) is 12.3. The first-order valence-corrected chi connectivity index (χ1v) is 6.76. The lowest BCUT2D eigenvalue weighted by Crippen LogP contribution is -2.44. The highest BCUT2D eigenvalue weighted by Gasteiger charge is 2.33. The molecule has 0 radical (unpaired) electrons. The largest absolute Gasteiger partial charge is 0.368 e. The molecule has 0 aliphatic carbocycles. The van der Waals surface area contributed by atoms with Gasteiger partial charge in [0.1, 0.15) is 6.10 Å². The van der Waals surface area contributed by atoms with E-state index in [-0.39, 0.29) is 12.0 Å². The highest BCUT2D eigenvalue weighted by Crippen LogP contribution is 2.22. The van der Waals surface area contributed by atoms with Gasteiger partial charge in [0.25, 0.3) is 5.91 Å². The number of nitrogens with one attached hydrogen (secondary N) is 1. The molecule has 0 spiro atoms. The molecule has 2 fully saturated rings. The normalized spacial score (nSPS) is 33.6. The molecule has 1 N–H and O–H groups in total. The summed E-state index contributed by atoms with van der Waals surface area (Å²) in [5, 5.41) is 3.39. The van der Waals surface area contributed by atoms with Gasteiger partial charge in [0, 0.05) is 20.2 Å². The van der Waals surface area contributed by atoms with Crippen LogP contribution in [0.5, 0.6) is 0 Å². The number of carbonyl (C=O) groups excluding carboxylic acids is 1. The van der Waals surface area contributed by atoms with E-state index < -0.39 is 0 Å². The SMILES string of the molecule is CC1CCOC1C(=O)N(C)CC1CCCNC1. The molecule has 2 aliphatic rings. The second-order valence-corrected chi connectivity index (χ2v) is 5.49. The third kappa shape index (κ3) is 3.19. The summed E-state index contributed by atoms with van der Waals surface area (Å²) < 4.78 is 5.53. The molecule has 3 atom stereocenters. The Morgan fingerprint density at radius 1 is 1.47 bits per heavy atom. The molecule has 0 aromatic heterocycles. The third-order valence-electron chi connectivity index (χ3n) is 3.94. The number of hydrogen-bond donors (Lipinski definition) is 1. The van der Waals surface area contributed by atoms with Gasteiger partial charge in [0.15, 0.2) is 0 Å². The number of ether oxygens (including phenoxy) is 1. The fourth-order valence-electron chi connectivity index (χ4n) is 2.79. The quantitative estimate of drug-likeness (QED) is 0.796. The average molecular weight is 240 g/mol. The maximum absolute atomic E-state index is 12.2. The summed E-state index contributed by atoms with van der Waals surface area (Å²) in [4.78, 5) is 14.1. The minimum Gasteiger partial charge on any atom is -0.368 e. The van der Waals surface area contributed by atoms with Crippen LogP contribution in [0.25, 0.3) is 0 Å². The molecule has 1 amide bonds. The summed E-state index contributed by atoms with van der Waals surface area (Å²) in [7, 11) is 1.91. The monoisotopic (exact) mass is 240 g/mol. The Labute approximate surface area is 104 Å². The first-order valence-electron chi connectivity index (χ1n) is 6.76. The Morgan fingerprint density at radius 2 is 2.29 bits per heavy atom. The summed E-state index contributed by atoms with van der Waals surface area (Å²) in [6.45, 7) is 5.86. The Morgan fingerprint density at radius 3 is 2.88 bits per heavy atom. The number of nitrogens with zero attached hydrogens (tertiary/aromatic N) is 1. The van der Waals surface area contributed by atoms with Crippen molar-refractivity contribution in [3.8, 4) is 0 Å². The number of carbonyl (C=O) groups is 1. The molecule has 0 bridgehead atoms. The van der Waals surface area contributed by atoms with E-state index in [2.05, 4.69) is 12.2 Å². The number of likely N-dealkylation sites (N-methyl/N-ethyl adjacent to an activating group) is 1. The third-order valence-corrected chi connectivity index (χ3v) is 3.94. The lowest BCUT2D eigenvalue weighted by Gasteiger charge is -2.29. The average Bonchev–Trinajstić information content (AvgIpc) is 2.76. The molecule has 2 rings (SSSR count). The van der Waals surface area contributed by atoms with Crippen molar-refractivity contribution in [2.45, 2.75) is 32.3 Å². The van der Waals surface area contributed by atoms with Crippen LogP contribution in [-0.4, -0.2) is 50.2 Å². The van der Waals surface area contributed by atoms with Gasteiger partial charge in [-0.2, -0.15) is 0 Å². The highest BCUT2D eigenvalue weighted by atomic mass is 16.5. The molecular formula is C13H24N2O2. The van der Waals surface area contributed by atoms with Crippen LogP contribution in [0.2, 0.25) is 0 Å². The van der Waals surface area contributed by atoms with Crippen molar-refractivity contribution in [3.05, 3.63) is 0 Å². The van der Waals surface area contributed by atoms with E-state index in [1.54, 1.807) is 0 Å². The first kappa shape index (κ1) is 12.8. The van der Waals surface area contributed by atoms with Crippen molar-refractivity contribution >= 4 is 5.91 Å². The molecule has 4 nitrogen and oxygen atoms in total. The van der Waals surface area contributed by atoms with Crippen LogP contribution in [0.15, 0.2) is 0 Å². The topological polar surface area (TPSA) is 41.6 Å². The van der Waals surface area contributed by atoms with Gasteiger partial charge in [0.2, 0.25) is 0 Å². The minimum absolute atomic E-state index is 0.167. The maximum atomic E-state index is 12.2. The lowest BCUT2D eigenvalue weighted by atomic mass is 9.98. The molecule has 0 saturated carbocycles. The van der Waals surface area contributed by atoms with E-state index in [0.717, 1.165) is 32.7 Å². The van der Waals surface area contributed by atoms with E-state index in [0.29, 0.717) is 11.8 Å². The smallest absolute Gasteiger partial charge is 0.251 e. The Kier molecular flexibility index (Phi) is 4.40. The summed E-state index contributed by atoms with van der Waals surface area (Å²) in [5.74, 6) is 1.14. The van der Waals surface area contributed by atoms with Crippen molar-refractivity contribution in [1.29, 1.82) is 0 Å². The number of hydrogen-bond acceptors (Lipinski definition) is 3. The number of rotatable bonds is 3. The van der Waals surface area contributed by atoms with Crippen LogP contribution in [-0.2, 0) is 9.53 Å². The summed E-state index contributed by atoms with van der Waals surface area (Å²) in [6.07, 6.45) is 3.26. The standard InChI is InChI=1S/C13H24N2O2/c1-10-5-7-17-12(10)13(16)15(2)9-11-4-3-6-14-8-11/h10-12,14H,3-9H2,1-2H3. The van der Waals surface area contributed by atoms with E-state index in [4.69, 9.17) is 4.74 Å². The summed E-state index contributed by atoms with van der Waals surface area (Å²) in [6, 6.07) is 0. The van der Waals surface area contributed by atoms with E-state index in [9.17, 15) is 4.79 Å². The first-order chi connectivity index (χ1) is 8.18. The van der Waals surface area contributed by atoms with Crippen LogP contribution < -0.4 is 5.32 Å². The number of amides is 1. The molecule has 3 unspecified atom stereocenters. The van der Waals surface area contributed by atoms with Crippen LogP contribution in [0, 0.1) is 11.8 Å². The molecule has 2 heterocycles.